The van der Waals surface area contributed by atoms with Crippen LogP contribution in [0, 0.1) is 0 Å². The van der Waals surface area contributed by atoms with Gasteiger partial charge in [-0.15, -0.1) is 0 Å². The Labute approximate surface area is 113 Å². The molecule has 1 atom stereocenters. The van der Waals surface area contributed by atoms with Crippen molar-refractivity contribution in [2.45, 2.75) is 12.5 Å². The second-order valence-corrected chi connectivity index (χ2v) is 5.31. The molecule has 2 N–H and O–H groups in total. The summed E-state index contributed by atoms with van der Waals surface area (Å²) in [6.07, 6.45) is 3.94. The molecule has 1 saturated heterocycles. The lowest BCUT2D eigenvalue weighted by atomic mass is 10.1. The second-order valence-electron chi connectivity index (χ2n) is 4.46. The SMILES string of the molecule is NC1CC(=O)N(c2ccc(Br)c3ccncc23)C1. The minimum atomic E-state index is -0.0760. The maximum absolute atomic E-state index is 11.9. The van der Waals surface area contributed by atoms with Crippen molar-refractivity contribution in [1.29, 1.82) is 0 Å². The number of nitrogens with zero attached hydrogens (tertiary/aromatic N) is 2. The minimum absolute atomic E-state index is 0.0760. The topological polar surface area (TPSA) is 59.2 Å². The summed E-state index contributed by atoms with van der Waals surface area (Å²) in [7, 11) is 0. The molecule has 1 aromatic carbocycles. The van der Waals surface area contributed by atoms with Gasteiger partial charge in [0.2, 0.25) is 5.91 Å². The van der Waals surface area contributed by atoms with Crippen LogP contribution in [-0.2, 0) is 4.79 Å². The van der Waals surface area contributed by atoms with E-state index in [0.717, 1.165) is 20.9 Å². The van der Waals surface area contributed by atoms with Crippen LogP contribution in [0.3, 0.4) is 0 Å². The van der Waals surface area contributed by atoms with Gasteiger partial charge in [0.05, 0.1) is 5.69 Å². The van der Waals surface area contributed by atoms with Crippen LogP contribution >= 0.6 is 15.9 Å². The van der Waals surface area contributed by atoms with Gasteiger partial charge >= 0.3 is 0 Å². The molecule has 0 radical (unpaired) electrons. The average Bonchev–Trinajstić information content (AvgIpc) is 2.69. The Morgan fingerprint density at radius 3 is 2.89 bits per heavy atom. The molecular formula is C13H12BrN3O. The third-order valence-electron chi connectivity index (χ3n) is 3.19. The zero-order chi connectivity index (χ0) is 12.7. The van der Waals surface area contributed by atoms with Gasteiger partial charge in [-0.25, -0.2) is 0 Å². The highest BCUT2D eigenvalue weighted by atomic mass is 79.9. The lowest BCUT2D eigenvalue weighted by molar-refractivity contribution is -0.117. The van der Waals surface area contributed by atoms with E-state index in [0.29, 0.717) is 13.0 Å². The quantitative estimate of drug-likeness (QED) is 0.877. The Morgan fingerprint density at radius 2 is 2.17 bits per heavy atom. The van der Waals surface area contributed by atoms with Crippen molar-refractivity contribution >= 4 is 38.3 Å². The van der Waals surface area contributed by atoms with E-state index in [1.807, 2.05) is 18.2 Å². The van der Waals surface area contributed by atoms with Crippen LogP contribution in [0.1, 0.15) is 6.42 Å². The van der Waals surface area contributed by atoms with Crippen LogP contribution in [0.5, 0.6) is 0 Å². The maximum Gasteiger partial charge on any atom is 0.228 e. The maximum atomic E-state index is 11.9. The normalized spacial score (nSPS) is 19.8. The van der Waals surface area contributed by atoms with Crippen LogP contribution in [0.2, 0.25) is 0 Å². The van der Waals surface area contributed by atoms with Crippen LogP contribution in [0.4, 0.5) is 5.69 Å². The van der Waals surface area contributed by atoms with Crippen molar-refractivity contribution in [2.75, 3.05) is 11.4 Å². The molecular weight excluding hydrogens is 294 g/mol. The van der Waals surface area contributed by atoms with E-state index in [2.05, 4.69) is 20.9 Å². The van der Waals surface area contributed by atoms with Crippen LogP contribution < -0.4 is 10.6 Å². The number of carbonyl (C=O) groups excluding carboxylic acids is 1. The fourth-order valence-electron chi connectivity index (χ4n) is 2.34. The molecule has 2 heterocycles. The summed E-state index contributed by atoms with van der Waals surface area (Å²) in [5.74, 6) is 0.0787. The van der Waals surface area contributed by atoms with Crippen LogP contribution in [-0.4, -0.2) is 23.5 Å². The van der Waals surface area contributed by atoms with Crippen LogP contribution in [0.25, 0.3) is 10.8 Å². The Morgan fingerprint density at radius 1 is 1.33 bits per heavy atom. The molecule has 3 rings (SSSR count). The Balaban J connectivity index is 2.18. The number of carbonyl (C=O) groups is 1. The number of halogens is 1. The molecule has 1 amide bonds. The summed E-state index contributed by atoms with van der Waals surface area (Å²) in [5, 5.41) is 2.02. The van der Waals surface area contributed by atoms with Crippen molar-refractivity contribution in [3.05, 3.63) is 35.1 Å². The molecule has 5 heteroatoms. The first-order chi connectivity index (χ1) is 8.66. The van der Waals surface area contributed by atoms with Gasteiger partial charge in [-0.1, -0.05) is 15.9 Å². The predicted octanol–water partition coefficient (Wildman–Crippen LogP) is 2.06. The number of benzene rings is 1. The molecule has 2 aromatic rings. The van der Waals surface area contributed by atoms with Gasteiger partial charge in [0.1, 0.15) is 0 Å². The van der Waals surface area contributed by atoms with Gasteiger partial charge in [-0.05, 0) is 18.2 Å². The standard InChI is InChI=1S/C13H12BrN3O/c14-11-1-2-12(10-6-16-4-3-9(10)11)17-7-8(15)5-13(17)18/h1-4,6,8H,5,7,15H2. The summed E-state index contributed by atoms with van der Waals surface area (Å²) in [6.45, 7) is 0.574. The lowest BCUT2D eigenvalue weighted by Gasteiger charge is -2.18. The number of hydrogen-bond acceptors (Lipinski definition) is 3. The number of hydrogen-bond donors (Lipinski definition) is 1. The van der Waals surface area contributed by atoms with E-state index in [1.165, 1.54) is 0 Å². The summed E-state index contributed by atoms with van der Waals surface area (Å²) in [5.41, 5.74) is 6.73. The summed E-state index contributed by atoms with van der Waals surface area (Å²) in [6, 6.07) is 5.75. The molecule has 1 aliphatic rings. The van der Waals surface area contributed by atoms with Crippen molar-refractivity contribution < 1.29 is 4.79 Å². The highest BCUT2D eigenvalue weighted by molar-refractivity contribution is 9.10. The molecule has 18 heavy (non-hydrogen) atoms. The number of rotatable bonds is 1. The average molecular weight is 306 g/mol. The predicted molar refractivity (Wildman–Crippen MR) is 74.4 cm³/mol. The van der Waals surface area contributed by atoms with Gasteiger partial charge in [0.15, 0.2) is 0 Å². The number of anilines is 1. The lowest BCUT2D eigenvalue weighted by Crippen LogP contribution is -2.28. The summed E-state index contributed by atoms with van der Waals surface area (Å²) >= 11 is 3.51. The highest BCUT2D eigenvalue weighted by Crippen LogP contribution is 2.33. The van der Waals surface area contributed by atoms with Gasteiger partial charge in [-0.3, -0.25) is 9.78 Å². The van der Waals surface area contributed by atoms with Gasteiger partial charge in [0, 0.05) is 46.6 Å². The molecule has 0 saturated carbocycles. The first kappa shape index (κ1) is 11.6. The third-order valence-corrected chi connectivity index (χ3v) is 3.88. The van der Waals surface area contributed by atoms with Crippen LogP contribution in [0.15, 0.2) is 35.1 Å². The summed E-state index contributed by atoms with van der Waals surface area (Å²) in [4.78, 5) is 17.8. The van der Waals surface area contributed by atoms with Crippen molar-refractivity contribution in [2.24, 2.45) is 5.73 Å². The largest absolute Gasteiger partial charge is 0.326 e. The number of amides is 1. The fourth-order valence-corrected chi connectivity index (χ4v) is 2.82. The minimum Gasteiger partial charge on any atom is -0.326 e. The van der Waals surface area contributed by atoms with Crippen molar-refractivity contribution in [1.82, 2.24) is 4.98 Å². The number of nitrogens with two attached hydrogens (primary N) is 1. The Hall–Kier alpha value is -1.46. The second kappa shape index (κ2) is 4.33. The number of pyridine rings is 1. The number of aromatic nitrogens is 1. The molecule has 1 aromatic heterocycles. The van der Waals surface area contributed by atoms with E-state index in [9.17, 15) is 4.79 Å². The van der Waals surface area contributed by atoms with Gasteiger partial charge < -0.3 is 10.6 Å². The molecule has 4 nitrogen and oxygen atoms in total. The molecule has 1 fully saturated rings. The first-order valence-corrected chi connectivity index (χ1v) is 6.54. The Kier molecular flexibility index (Phi) is 2.80. The molecule has 92 valence electrons. The highest BCUT2D eigenvalue weighted by Gasteiger charge is 2.29. The van der Waals surface area contributed by atoms with Crippen molar-refractivity contribution in [3.8, 4) is 0 Å². The van der Waals surface area contributed by atoms with E-state index in [-0.39, 0.29) is 11.9 Å². The monoisotopic (exact) mass is 305 g/mol. The number of fused-ring (bicyclic) bond motifs is 1. The molecule has 1 aliphatic heterocycles. The van der Waals surface area contributed by atoms with E-state index < -0.39 is 0 Å². The smallest absolute Gasteiger partial charge is 0.228 e. The van der Waals surface area contributed by atoms with Crippen molar-refractivity contribution in [3.63, 3.8) is 0 Å². The molecule has 0 spiro atoms. The Bertz CT molecular complexity index is 629. The zero-order valence-corrected chi connectivity index (χ0v) is 11.2. The molecule has 1 unspecified atom stereocenters. The molecule has 0 aliphatic carbocycles. The van der Waals surface area contributed by atoms with E-state index in [4.69, 9.17) is 5.73 Å². The van der Waals surface area contributed by atoms with E-state index >= 15 is 0 Å². The zero-order valence-electron chi connectivity index (χ0n) is 9.64. The van der Waals surface area contributed by atoms with Gasteiger partial charge in [0.25, 0.3) is 0 Å². The third kappa shape index (κ3) is 1.79. The van der Waals surface area contributed by atoms with Gasteiger partial charge in [-0.2, -0.15) is 0 Å². The molecule has 0 bridgehead atoms. The fraction of sp³-hybridized carbons (Fsp3) is 0.231. The summed E-state index contributed by atoms with van der Waals surface area (Å²) < 4.78 is 1.000. The van der Waals surface area contributed by atoms with E-state index in [1.54, 1.807) is 17.3 Å². The first-order valence-electron chi connectivity index (χ1n) is 5.75.